The van der Waals surface area contributed by atoms with Crippen molar-refractivity contribution in [3.05, 3.63) is 10.8 Å². The van der Waals surface area contributed by atoms with Gasteiger partial charge in [-0.25, -0.2) is 4.98 Å². The molecule has 0 amide bonds. The molecule has 0 atom stereocenters. The van der Waals surface area contributed by atoms with Crippen molar-refractivity contribution in [3.63, 3.8) is 0 Å². The van der Waals surface area contributed by atoms with Crippen LogP contribution in [-0.4, -0.2) is 22.6 Å². The van der Waals surface area contributed by atoms with Gasteiger partial charge >= 0.3 is 0 Å². The molecule has 0 aromatic carbocycles. The van der Waals surface area contributed by atoms with Gasteiger partial charge in [-0.2, -0.15) is 0 Å². The van der Waals surface area contributed by atoms with Crippen LogP contribution >= 0.6 is 15.9 Å². The van der Waals surface area contributed by atoms with Crippen LogP contribution in [0.25, 0.3) is 0 Å². The lowest BCUT2D eigenvalue weighted by molar-refractivity contribution is 0.726. The molecule has 0 saturated carbocycles. The average molecular weight is 258 g/mol. The van der Waals surface area contributed by atoms with Gasteiger partial charge in [0.15, 0.2) is 0 Å². The first-order chi connectivity index (χ1) is 6.79. The van der Waals surface area contributed by atoms with Crippen LogP contribution in [0.15, 0.2) is 10.8 Å². The Morgan fingerprint density at radius 1 is 1.21 bits per heavy atom. The topological polar surface area (TPSA) is 21.1 Å². The molecule has 0 bridgehead atoms. The molecule has 0 aliphatic carbocycles. The molecule has 1 aromatic rings. The van der Waals surface area contributed by atoms with E-state index in [0.717, 1.165) is 23.6 Å². The van der Waals surface area contributed by atoms with Crippen LogP contribution in [0.2, 0.25) is 0 Å². The number of rotatable bonds is 1. The van der Waals surface area contributed by atoms with Gasteiger partial charge in [-0.15, -0.1) is 0 Å². The summed E-state index contributed by atoms with van der Waals surface area (Å²) in [4.78, 5) is 6.81. The second-order valence-electron chi connectivity index (χ2n) is 3.84. The summed E-state index contributed by atoms with van der Waals surface area (Å²) < 4.78 is 3.16. The predicted molar refractivity (Wildman–Crippen MR) is 61.6 cm³/mol. The van der Waals surface area contributed by atoms with Crippen molar-refractivity contribution in [1.82, 2.24) is 9.55 Å². The normalized spacial score (nSPS) is 18.3. The number of hydrogen-bond donors (Lipinski definition) is 0. The Kier molecular flexibility index (Phi) is 3.11. The number of anilines is 1. The van der Waals surface area contributed by atoms with E-state index in [1.165, 1.54) is 25.7 Å². The van der Waals surface area contributed by atoms with Crippen LogP contribution in [0.5, 0.6) is 0 Å². The van der Waals surface area contributed by atoms with Gasteiger partial charge in [0.2, 0.25) is 5.95 Å². The Morgan fingerprint density at radius 3 is 2.36 bits per heavy atom. The van der Waals surface area contributed by atoms with E-state index in [-0.39, 0.29) is 0 Å². The molecule has 1 fully saturated rings. The van der Waals surface area contributed by atoms with Gasteiger partial charge in [0.25, 0.3) is 0 Å². The summed E-state index contributed by atoms with van der Waals surface area (Å²) in [5.41, 5.74) is 0. The smallest absolute Gasteiger partial charge is 0.206 e. The minimum atomic E-state index is 1.05. The SMILES string of the molecule is Cn1c(Br)cnc1N1CCCCCC1. The number of imidazole rings is 1. The Balaban J connectivity index is 2.16. The number of nitrogens with zero attached hydrogens (tertiary/aromatic N) is 3. The second kappa shape index (κ2) is 4.34. The molecule has 0 unspecified atom stereocenters. The Labute approximate surface area is 93.2 Å². The zero-order valence-electron chi connectivity index (χ0n) is 8.54. The van der Waals surface area contributed by atoms with Crippen LogP contribution in [-0.2, 0) is 7.05 Å². The van der Waals surface area contributed by atoms with Crippen LogP contribution in [0.4, 0.5) is 5.95 Å². The largest absolute Gasteiger partial charge is 0.342 e. The van der Waals surface area contributed by atoms with Crippen molar-refractivity contribution in [2.24, 2.45) is 7.05 Å². The summed E-state index contributed by atoms with van der Waals surface area (Å²) in [5, 5.41) is 0. The lowest BCUT2D eigenvalue weighted by atomic mass is 10.2. The van der Waals surface area contributed by atoms with Crippen molar-refractivity contribution < 1.29 is 0 Å². The fraction of sp³-hybridized carbons (Fsp3) is 0.700. The molecule has 2 heterocycles. The number of aromatic nitrogens is 2. The third kappa shape index (κ3) is 1.95. The first kappa shape index (κ1) is 10.0. The second-order valence-corrected chi connectivity index (χ2v) is 4.65. The highest BCUT2D eigenvalue weighted by Gasteiger charge is 2.14. The van der Waals surface area contributed by atoms with Crippen molar-refractivity contribution in [2.45, 2.75) is 25.7 Å². The monoisotopic (exact) mass is 257 g/mol. The quantitative estimate of drug-likeness (QED) is 0.771. The van der Waals surface area contributed by atoms with Gasteiger partial charge < -0.3 is 9.47 Å². The highest BCUT2D eigenvalue weighted by molar-refractivity contribution is 9.10. The summed E-state index contributed by atoms with van der Waals surface area (Å²) in [6, 6.07) is 0. The van der Waals surface area contributed by atoms with Crippen LogP contribution in [0.1, 0.15) is 25.7 Å². The van der Waals surface area contributed by atoms with E-state index in [1.54, 1.807) is 0 Å². The maximum Gasteiger partial charge on any atom is 0.206 e. The molecule has 1 aliphatic rings. The molecule has 2 rings (SSSR count). The van der Waals surface area contributed by atoms with Gasteiger partial charge in [-0.05, 0) is 28.8 Å². The summed E-state index contributed by atoms with van der Waals surface area (Å²) >= 11 is 3.48. The molecule has 4 heteroatoms. The minimum absolute atomic E-state index is 1.05. The van der Waals surface area contributed by atoms with Gasteiger partial charge in [0, 0.05) is 20.1 Å². The lowest BCUT2D eigenvalue weighted by Crippen LogP contribution is -2.26. The molecule has 0 N–H and O–H groups in total. The zero-order chi connectivity index (χ0) is 9.97. The molecular formula is C10H16BrN3. The molecule has 3 nitrogen and oxygen atoms in total. The van der Waals surface area contributed by atoms with Crippen molar-refractivity contribution in [1.29, 1.82) is 0 Å². The van der Waals surface area contributed by atoms with E-state index in [4.69, 9.17) is 0 Å². The van der Waals surface area contributed by atoms with E-state index in [9.17, 15) is 0 Å². The van der Waals surface area contributed by atoms with Crippen LogP contribution < -0.4 is 4.90 Å². The van der Waals surface area contributed by atoms with Crippen molar-refractivity contribution >= 4 is 21.9 Å². The van der Waals surface area contributed by atoms with E-state index in [0.29, 0.717) is 0 Å². The molecule has 0 radical (unpaired) electrons. The first-order valence-corrected chi connectivity index (χ1v) is 6.00. The summed E-state index contributed by atoms with van der Waals surface area (Å²) in [6.07, 6.45) is 7.19. The third-order valence-corrected chi connectivity index (χ3v) is 3.53. The van der Waals surface area contributed by atoms with E-state index < -0.39 is 0 Å². The molecule has 14 heavy (non-hydrogen) atoms. The van der Waals surface area contributed by atoms with Crippen LogP contribution in [0, 0.1) is 0 Å². The lowest BCUT2D eigenvalue weighted by Gasteiger charge is -2.21. The van der Waals surface area contributed by atoms with E-state index >= 15 is 0 Å². The predicted octanol–water partition coefficient (Wildman–Crippen LogP) is 2.56. The number of halogens is 1. The summed E-state index contributed by atoms with van der Waals surface area (Å²) in [6.45, 7) is 2.30. The zero-order valence-corrected chi connectivity index (χ0v) is 10.1. The summed E-state index contributed by atoms with van der Waals surface area (Å²) in [5.74, 6) is 1.10. The minimum Gasteiger partial charge on any atom is -0.342 e. The van der Waals surface area contributed by atoms with Gasteiger partial charge in [-0.3, -0.25) is 0 Å². The average Bonchev–Trinajstić information content (AvgIpc) is 2.47. The van der Waals surface area contributed by atoms with Gasteiger partial charge in [0.05, 0.1) is 6.20 Å². The van der Waals surface area contributed by atoms with E-state index in [1.807, 2.05) is 6.20 Å². The molecule has 0 spiro atoms. The highest BCUT2D eigenvalue weighted by atomic mass is 79.9. The molecule has 78 valence electrons. The fourth-order valence-corrected chi connectivity index (χ4v) is 2.21. The summed E-state index contributed by atoms with van der Waals surface area (Å²) in [7, 11) is 2.05. The molecule has 1 aromatic heterocycles. The Hall–Kier alpha value is -0.510. The fourth-order valence-electron chi connectivity index (χ4n) is 1.94. The van der Waals surface area contributed by atoms with Crippen molar-refractivity contribution in [2.75, 3.05) is 18.0 Å². The molecule has 1 aliphatic heterocycles. The molecule has 1 saturated heterocycles. The van der Waals surface area contributed by atoms with Gasteiger partial charge in [-0.1, -0.05) is 12.8 Å². The Bertz CT molecular complexity index is 300. The van der Waals surface area contributed by atoms with E-state index in [2.05, 4.69) is 37.4 Å². The van der Waals surface area contributed by atoms with Crippen molar-refractivity contribution in [3.8, 4) is 0 Å². The third-order valence-electron chi connectivity index (χ3n) is 2.80. The maximum absolute atomic E-state index is 4.42. The van der Waals surface area contributed by atoms with Crippen LogP contribution in [0.3, 0.4) is 0 Å². The number of hydrogen-bond acceptors (Lipinski definition) is 2. The maximum atomic E-state index is 4.42. The first-order valence-electron chi connectivity index (χ1n) is 5.21. The van der Waals surface area contributed by atoms with Gasteiger partial charge in [0.1, 0.15) is 4.60 Å². The standard InChI is InChI=1S/C10H16BrN3/c1-13-9(11)8-12-10(13)14-6-4-2-3-5-7-14/h8H,2-7H2,1H3. The highest BCUT2D eigenvalue weighted by Crippen LogP contribution is 2.21. The Morgan fingerprint density at radius 2 is 1.86 bits per heavy atom. The molecular weight excluding hydrogens is 242 g/mol.